The van der Waals surface area contributed by atoms with Gasteiger partial charge < -0.3 is 22.4 Å². The number of rotatable bonds is 10. The highest BCUT2D eigenvalue weighted by Crippen LogP contribution is 2.46. The van der Waals surface area contributed by atoms with Crippen molar-refractivity contribution in [2.45, 2.75) is 116 Å². The Labute approximate surface area is 215 Å². The first-order chi connectivity index (χ1) is 16.3. The number of hydrogen-bond acceptors (Lipinski definition) is 6. The lowest BCUT2D eigenvalue weighted by atomic mass is 10.1. The van der Waals surface area contributed by atoms with Crippen LogP contribution in [0.1, 0.15) is 74.8 Å². The van der Waals surface area contributed by atoms with E-state index in [0.29, 0.717) is 13.0 Å². The zero-order chi connectivity index (χ0) is 26.4. The largest absolute Gasteiger partial charge is 0.463 e. The molecule has 1 aromatic carbocycles. The number of carbonyl (C=O) groups excluding carboxylic acids is 1. The van der Waals surface area contributed by atoms with Gasteiger partial charge in [-0.1, -0.05) is 85.7 Å². The molecular formula is C27H48O6Si2. The maximum absolute atomic E-state index is 11.6. The van der Waals surface area contributed by atoms with Crippen LogP contribution < -0.4 is 0 Å². The summed E-state index contributed by atoms with van der Waals surface area (Å²) >= 11 is 0. The van der Waals surface area contributed by atoms with Crippen molar-refractivity contribution in [3.63, 3.8) is 0 Å². The maximum atomic E-state index is 11.6. The molecule has 1 aliphatic heterocycles. The Balaban J connectivity index is 2.41. The van der Waals surface area contributed by atoms with E-state index in [1.807, 2.05) is 18.2 Å². The van der Waals surface area contributed by atoms with Gasteiger partial charge in [-0.3, -0.25) is 4.79 Å². The predicted octanol–water partition coefficient (Wildman–Crippen LogP) is 6.52. The summed E-state index contributed by atoms with van der Waals surface area (Å²) < 4.78 is 33.1. The fraction of sp³-hybridized carbons (Fsp3) is 0.741. The van der Waals surface area contributed by atoms with E-state index in [-0.39, 0.29) is 53.1 Å². The third-order valence-corrected chi connectivity index (χ3v) is 17.4. The van der Waals surface area contributed by atoms with Crippen LogP contribution in [0.15, 0.2) is 30.3 Å². The van der Waals surface area contributed by atoms with Crippen molar-refractivity contribution < 1.29 is 27.2 Å². The standard InChI is InChI=1S/C27H48O6Si2/c1-19(2)34(20(3)4)30-18-27(23(9)32-35(33-34,21(5)6)22(7)8)31-26(17-29-24(10)28)16-25-14-12-11-13-15-25/h11-15,19-23,26-27H,16-18H2,1-10H3/t23-,26+,27-/m1/s1. The lowest BCUT2D eigenvalue weighted by molar-refractivity contribution is -0.152. The molecule has 0 amide bonds. The number of esters is 1. The van der Waals surface area contributed by atoms with E-state index in [1.165, 1.54) is 6.92 Å². The molecule has 1 aliphatic rings. The van der Waals surface area contributed by atoms with Gasteiger partial charge in [0.25, 0.3) is 0 Å². The molecule has 3 atom stereocenters. The molecule has 1 heterocycles. The fourth-order valence-electron chi connectivity index (χ4n) is 5.06. The summed E-state index contributed by atoms with van der Waals surface area (Å²) in [5.41, 5.74) is 2.20. The second-order valence-electron chi connectivity index (χ2n) is 11.1. The molecule has 0 N–H and O–H groups in total. The lowest BCUT2D eigenvalue weighted by Crippen LogP contribution is -2.65. The van der Waals surface area contributed by atoms with E-state index >= 15 is 0 Å². The van der Waals surface area contributed by atoms with Gasteiger partial charge >= 0.3 is 23.1 Å². The summed E-state index contributed by atoms with van der Waals surface area (Å²) in [5.74, 6) is -0.310. The molecule has 8 heteroatoms. The normalized spacial score (nSPS) is 23.4. The summed E-state index contributed by atoms with van der Waals surface area (Å²) in [6.07, 6.45) is -0.170. The first-order valence-corrected chi connectivity index (χ1v) is 17.1. The van der Waals surface area contributed by atoms with Crippen molar-refractivity contribution in [1.29, 1.82) is 0 Å². The molecule has 1 aromatic rings. The minimum Gasteiger partial charge on any atom is -0.463 e. The third kappa shape index (κ3) is 7.49. The van der Waals surface area contributed by atoms with Crippen LogP contribution in [0, 0.1) is 0 Å². The Hall–Kier alpha value is -1.04. The minimum atomic E-state index is -2.68. The molecule has 0 spiro atoms. The quantitative estimate of drug-likeness (QED) is 0.256. The third-order valence-electron chi connectivity index (χ3n) is 7.05. The van der Waals surface area contributed by atoms with Crippen LogP contribution in [0.2, 0.25) is 22.2 Å². The highest BCUT2D eigenvalue weighted by molar-refractivity contribution is 6.83. The van der Waals surface area contributed by atoms with Crippen molar-refractivity contribution in [3.05, 3.63) is 35.9 Å². The number of ether oxygens (including phenoxy) is 2. The molecule has 1 fully saturated rings. The second-order valence-corrected chi connectivity index (χ2v) is 19.9. The fourth-order valence-corrected chi connectivity index (χ4v) is 16.3. The van der Waals surface area contributed by atoms with Crippen molar-refractivity contribution in [3.8, 4) is 0 Å². The van der Waals surface area contributed by atoms with Crippen LogP contribution in [0.4, 0.5) is 0 Å². The summed E-state index contributed by atoms with van der Waals surface area (Å²) in [5, 5.41) is 0. The maximum Gasteiger partial charge on any atom is 0.335 e. The number of hydrogen-bond donors (Lipinski definition) is 0. The average molecular weight is 525 g/mol. The molecule has 0 aromatic heterocycles. The first kappa shape index (κ1) is 30.2. The Morgan fingerprint density at radius 1 is 0.943 bits per heavy atom. The van der Waals surface area contributed by atoms with Crippen molar-refractivity contribution in [1.82, 2.24) is 0 Å². The van der Waals surface area contributed by atoms with Gasteiger partial charge in [0.05, 0.1) is 18.8 Å². The van der Waals surface area contributed by atoms with Gasteiger partial charge in [0.15, 0.2) is 0 Å². The van der Waals surface area contributed by atoms with E-state index in [0.717, 1.165) is 5.56 Å². The zero-order valence-electron chi connectivity index (χ0n) is 23.5. The Kier molecular flexibility index (Phi) is 11.2. The van der Waals surface area contributed by atoms with Gasteiger partial charge in [0.1, 0.15) is 12.7 Å². The highest BCUT2D eigenvalue weighted by Gasteiger charge is 2.58. The molecule has 6 nitrogen and oxygen atoms in total. The summed E-state index contributed by atoms with van der Waals surface area (Å²) in [4.78, 5) is 11.6. The molecule has 0 aliphatic carbocycles. The first-order valence-electron chi connectivity index (χ1n) is 13.2. The Morgan fingerprint density at radius 3 is 1.97 bits per heavy atom. The Bertz CT molecular complexity index is 767. The van der Waals surface area contributed by atoms with Crippen LogP contribution in [-0.2, 0) is 33.7 Å². The second kappa shape index (κ2) is 13.0. The molecule has 200 valence electrons. The van der Waals surface area contributed by atoms with Crippen molar-refractivity contribution in [2.24, 2.45) is 0 Å². The van der Waals surface area contributed by atoms with Crippen LogP contribution in [0.3, 0.4) is 0 Å². The van der Waals surface area contributed by atoms with Crippen LogP contribution in [0.5, 0.6) is 0 Å². The molecule has 0 saturated carbocycles. The van der Waals surface area contributed by atoms with E-state index in [4.69, 9.17) is 22.4 Å². The van der Waals surface area contributed by atoms with Gasteiger partial charge in [-0.2, -0.15) is 0 Å². The van der Waals surface area contributed by atoms with Gasteiger partial charge in [-0.15, -0.1) is 0 Å². The molecule has 35 heavy (non-hydrogen) atoms. The lowest BCUT2D eigenvalue weighted by Gasteiger charge is -2.52. The molecular weight excluding hydrogens is 476 g/mol. The monoisotopic (exact) mass is 524 g/mol. The summed E-state index contributed by atoms with van der Waals surface area (Å²) in [7, 11) is -5.32. The van der Waals surface area contributed by atoms with E-state index < -0.39 is 17.1 Å². The minimum absolute atomic E-state index is 0.192. The number of carbonyl (C=O) groups is 1. The van der Waals surface area contributed by atoms with E-state index in [9.17, 15) is 4.79 Å². The van der Waals surface area contributed by atoms with E-state index in [2.05, 4.69) is 74.4 Å². The van der Waals surface area contributed by atoms with Gasteiger partial charge in [0.2, 0.25) is 0 Å². The van der Waals surface area contributed by atoms with Crippen LogP contribution >= 0.6 is 0 Å². The molecule has 2 rings (SSSR count). The Morgan fingerprint density at radius 2 is 1.49 bits per heavy atom. The van der Waals surface area contributed by atoms with Gasteiger partial charge in [-0.25, -0.2) is 0 Å². The number of benzene rings is 1. The molecule has 1 saturated heterocycles. The average Bonchev–Trinajstić information content (AvgIpc) is 2.76. The molecule has 0 bridgehead atoms. The van der Waals surface area contributed by atoms with Crippen LogP contribution in [0.25, 0.3) is 0 Å². The highest BCUT2D eigenvalue weighted by atomic mass is 28.5. The molecule has 0 unspecified atom stereocenters. The predicted molar refractivity (Wildman–Crippen MR) is 145 cm³/mol. The summed E-state index contributed by atoms with van der Waals surface area (Å²) in [6.45, 7) is 21.8. The smallest absolute Gasteiger partial charge is 0.335 e. The van der Waals surface area contributed by atoms with Gasteiger partial charge in [-0.05, 0) is 34.7 Å². The molecule has 0 radical (unpaired) electrons. The van der Waals surface area contributed by atoms with Crippen molar-refractivity contribution in [2.75, 3.05) is 13.2 Å². The van der Waals surface area contributed by atoms with Gasteiger partial charge in [0, 0.05) is 13.3 Å². The van der Waals surface area contributed by atoms with Crippen molar-refractivity contribution >= 4 is 23.1 Å². The topological polar surface area (TPSA) is 63.2 Å². The zero-order valence-corrected chi connectivity index (χ0v) is 25.5. The SMILES string of the molecule is CC(=O)OC[C@H](Cc1ccccc1)O[C@@H]1CO[Si](C(C)C)(C(C)C)O[Si](C(C)C)(C(C)C)O[C@@H]1C. The van der Waals surface area contributed by atoms with Crippen LogP contribution in [-0.4, -0.2) is 54.6 Å². The summed E-state index contributed by atoms with van der Waals surface area (Å²) in [6, 6.07) is 10.1. The van der Waals surface area contributed by atoms with E-state index in [1.54, 1.807) is 0 Å².